The van der Waals surface area contributed by atoms with Crippen LogP contribution in [0.25, 0.3) is 0 Å². The number of rotatable bonds is 6. The first kappa shape index (κ1) is 11.8. The molecule has 1 atom stereocenters. The van der Waals surface area contributed by atoms with E-state index in [0.717, 1.165) is 12.2 Å². The van der Waals surface area contributed by atoms with Crippen LogP contribution in [-0.2, 0) is 4.79 Å². The van der Waals surface area contributed by atoms with Crippen LogP contribution in [-0.4, -0.2) is 19.5 Å². The molecule has 1 amide bonds. The van der Waals surface area contributed by atoms with Crippen LogP contribution in [0.4, 0.5) is 0 Å². The minimum atomic E-state index is 0.0526. The Labute approximate surface area is 90.0 Å². The lowest BCUT2D eigenvalue weighted by Gasteiger charge is -2.13. The summed E-state index contributed by atoms with van der Waals surface area (Å²) in [5.41, 5.74) is 0. The summed E-state index contributed by atoms with van der Waals surface area (Å²) in [7, 11) is 1.65. The number of hydrogen-bond acceptors (Lipinski definition) is 3. The van der Waals surface area contributed by atoms with E-state index in [0.29, 0.717) is 13.0 Å². The highest BCUT2D eigenvalue weighted by Gasteiger charge is 2.11. The molecule has 0 fully saturated rings. The second kappa shape index (κ2) is 6.24. The molecule has 0 aliphatic carbocycles. The Kier molecular flexibility index (Phi) is 4.90. The van der Waals surface area contributed by atoms with Crippen LogP contribution in [0.5, 0.6) is 0 Å². The standard InChI is InChI=1S/C11H18N2O2/c1-3-9(10-5-4-8-15-10)13-7-6-11(14)12-2/h4-5,8-9,13H,3,6-7H2,1-2H3,(H,12,14). The van der Waals surface area contributed by atoms with Gasteiger partial charge in [0, 0.05) is 20.0 Å². The number of carbonyl (C=O) groups is 1. The first-order valence-corrected chi connectivity index (χ1v) is 5.25. The lowest BCUT2D eigenvalue weighted by atomic mass is 10.1. The molecular weight excluding hydrogens is 192 g/mol. The third-order valence-corrected chi connectivity index (χ3v) is 2.32. The highest BCUT2D eigenvalue weighted by Crippen LogP contribution is 2.16. The van der Waals surface area contributed by atoms with Gasteiger partial charge in [0.15, 0.2) is 0 Å². The topological polar surface area (TPSA) is 54.3 Å². The van der Waals surface area contributed by atoms with Crippen molar-refractivity contribution in [3.63, 3.8) is 0 Å². The van der Waals surface area contributed by atoms with Gasteiger partial charge in [0.1, 0.15) is 5.76 Å². The van der Waals surface area contributed by atoms with E-state index in [1.54, 1.807) is 13.3 Å². The predicted octanol–water partition coefficient (Wildman–Crippen LogP) is 1.46. The normalized spacial score (nSPS) is 12.4. The van der Waals surface area contributed by atoms with Crippen molar-refractivity contribution < 1.29 is 9.21 Å². The third-order valence-electron chi connectivity index (χ3n) is 2.32. The molecule has 0 saturated carbocycles. The predicted molar refractivity (Wildman–Crippen MR) is 58.4 cm³/mol. The summed E-state index contributed by atoms with van der Waals surface area (Å²) < 4.78 is 5.31. The van der Waals surface area contributed by atoms with E-state index in [2.05, 4.69) is 17.6 Å². The van der Waals surface area contributed by atoms with Gasteiger partial charge in [-0.05, 0) is 18.6 Å². The van der Waals surface area contributed by atoms with Crippen LogP contribution in [0.15, 0.2) is 22.8 Å². The molecule has 84 valence electrons. The Morgan fingerprint density at radius 3 is 2.93 bits per heavy atom. The Balaban J connectivity index is 2.32. The molecule has 1 unspecified atom stereocenters. The highest BCUT2D eigenvalue weighted by molar-refractivity contribution is 5.75. The average Bonchev–Trinajstić information content (AvgIpc) is 2.77. The van der Waals surface area contributed by atoms with Crippen LogP contribution < -0.4 is 10.6 Å². The molecule has 0 radical (unpaired) electrons. The van der Waals surface area contributed by atoms with Gasteiger partial charge in [0.2, 0.25) is 5.91 Å². The lowest BCUT2D eigenvalue weighted by Crippen LogP contribution is -2.27. The maximum Gasteiger partial charge on any atom is 0.221 e. The van der Waals surface area contributed by atoms with E-state index in [1.165, 1.54) is 0 Å². The third kappa shape index (κ3) is 3.75. The van der Waals surface area contributed by atoms with Gasteiger partial charge in [-0.15, -0.1) is 0 Å². The molecular formula is C11H18N2O2. The van der Waals surface area contributed by atoms with E-state index in [-0.39, 0.29) is 11.9 Å². The maximum absolute atomic E-state index is 11.0. The van der Waals surface area contributed by atoms with Gasteiger partial charge in [-0.3, -0.25) is 4.79 Å². The van der Waals surface area contributed by atoms with Crippen molar-refractivity contribution in [2.75, 3.05) is 13.6 Å². The summed E-state index contributed by atoms with van der Waals surface area (Å²) in [5.74, 6) is 0.978. The summed E-state index contributed by atoms with van der Waals surface area (Å²) in [6, 6.07) is 4.02. The first-order valence-electron chi connectivity index (χ1n) is 5.25. The quantitative estimate of drug-likeness (QED) is 0.747. The molecule has 4 nitrogen and oxygen atoms in total. The maximum atomic E-state index is 11.0. The Hall–Kier alpha value is -1.29. The second-order valence-corrected chi connectivity index (χ2v) is 3.35. The van der Waals surface area contributed by atoms with Gasteiger partial charge in [-0.2, -0.15) is 0 Å². The fourth-order valence-electron chi connectivity index (χ4n) is 1.42. The first-order chi connectivity index (χ1) is 7.27. The van der Waals surface area contributed by atoms with Gasteiger partial charge in [0.05, 0.1) is 12.3 Å². The van der Waals surface area contributed by atoms with E-state index in [1.807, 2.05) is 12.1 Å². The summed E-state index contributed by atoms with van der Waals surface area (Å²) in [5, 5.41) is 5.87. The average molecular weight is 210 g/mol. The van der Waals surface area contributed by atoms with Gasteiger partial charge >= 0.3 is 0 Å². The monoisotopic (exact) mass is 210 g/mol. The van der Waals surface area contributed by atoms with Crippen molar-refractivity contribution in [2.45, 2.75) is 25.8 Å². The summed E-state index contributed by atoms with van der Waals surface area (Å²) in [4.78, 5) is 11.0. The Morgan fingerprint density at radius 2 is 2.40 bits per heavy atom. The zero-order valence-corrected chi connectivity index (χ0v) is 9.25. The molecule has 0 aliphatic rings. The second-order valence-electron chi connectivity index (χ2n) is 3.35. The Morgan fingerprint density at radius 1 is 1.60 bits per heavy atom. The van der Waals surface area contributed by atoms with Gasteiger partial charge in [-0.25, -0.2) is 0 Å². The molecule has 1 aromatic heterocycles. The minimum absolute atomic E-state index is 0.0526. The smallest absolute Gasteiger partial charge is 0.221 e. The fraction of sp³-hybridized carbons (Fsp3) is 0.545. The van der Waals surface area contributed by atoms with E-state index in [9.17, 15) is 4.79 Å². The zero-order valence-electron chi connectivity index (χ0n) is 9.25. The van der Waals surface area contributed by atoms with Gasteiger partial charge < -0.3 is 15.1 Å². The van der Waals surface area contributed by atoms with Crippen LogP contribution >= 0.6 is 0 Å². The van der Waals surface area contributed by atoms with Crippen molar-refractivity contribution in [3.8, 4) is 0 Å². The largest absolute Gasteiger partial charge is 0.468 e. The van der Waals surface area contributed by atoms with Crippen molar-refractivity contribution in [2.24, 2.45) is 0 Å². The van der Waals surface area contributed by atoms with Crippen LogP contribution in [0, 0.1) is 0 Å². The van der Waals surface area contributed by atoms with Crippen LogP contribution in [0.2, 0.25) is 0 Å². The molecule has 15 heavy (non-hydrogen) atoms. The molecule has 1 rings (SSSR count). The van der Waals surface area contributed by atoms with Crippen LogP contribution in [0.3, 0.4) is 0 Å². The molecule has 0 spiro atoms. The molecule has 1 heterocycles. The van der Waals surface area contributed by atoms with Crippen LogP contribution in [0.1, 0.15) is 31.6 Å². The zero-order chi connectivity index (χ0) is 11.1. The summed E-state index contributed by atoms with van der Waals surface area (Å²) >= 11 is 0. The molecule has 0 bridgehead atoms. The Bertz CT molecular complexity index is 283. The number of amides is 1. The molecule has 0 saturated heterocycles. The molecule has 2 N–H and O–H groups in total. The molecule has 4 heteroatoms. The molecule has 0 aliphatic heterocycles. The van der Waals surface area contributed by atoms with Gasteiger partial charge in [-0.1, -0.05) is 6.92 Å². The summed E-state index contributed by atoms with van der Waals surface area (Å²) in [6.07, 6.45) is 3.10. The number of nitrogens with one attached hydrogen (secondary N) is 2. The van der Waals surface area contributed by atoms with Gasteiger partial charge in [0.25, 0.3) is 0 Å². The number of carbonyl (C=O) groups excluding carboxylic acids is 1. The number of hydrogen-bond donors (Lipinski definition) is 2. The van der Waals surface area contributed by atoms with E-state index < -0.39 is 0 Å². The SMILES string of the molecule is CCC(NCCC(=O)NC)c1ccco1. The minimum Gasteiger partial charge on any atom is -0.468 e. The van der Waals surface area contributed by atoms with Crippen molar-refractivity contribution >= 4 is 5.91 Å². The lowest BCUT2D eigenvalue weighted by molar-refractivity contribution is -0.120. The van der Waals surface area contributed by atoms with Crippen molar-refractivity contribution in [3.05, 3.63) is 24.2 Å². The number of furan rings is 1. The van der Waals surface area contributed by atoms with Crippen molar-refractivity contribution in [1.29, 1.82) is 0 Å². The van der Waals surface area contributed by atoms with E-state index >= 15 is 0 Å². The summed E-state index contributed by atoms with van der Waals surface area (Å²) in [6.45, 7) is 2.75. The molecule has 0 aromatic carbocycles. The fourth-order valence-corrected chi connectivity index (χ4v) is 1.42. The van der Waals surface area contributed by atoms with E-state index in [4.69, 9.17) is 4.42 Å². The molecule has 1 aromatic rings. The van der Waals surface area contributed by atoms with Crippen molar-refractivity contribution in [1.82, 2.24) is 10.6 Å². The highest BCUT2D eigenvalue weighted by atomic mass is 16.3.